The maximum absolute atomic E-state index is 12.8. The first-order valence-electron chi connectivity index (χ1n) is 8.89. The van der Waals surface area contributed by atoms with Crippen molar-refractivity contribution in [1.29, 1.82) is 0 Å². The molecule has 0 bridgehead atoms. The second-order valence-corrected chi connectivity index (χ2v) is 8.15. The van der Waals surface area contributed by atoms with Gasteiger partial charge in [0.2, 0.25) is 0 Å². The summed E-state index contributed by atoms with van der Waals surface area (Å²) in [5, 5.41) is 6.94. The van der Waals surface area contributed by atoms with Crippen LogP contribution in [0.2, 0.25) is 0 Å². The molecule has 152 valence electrons. The van der Waals surface area contributed by atoms with Gasteiger partial charge < -0.3 is 5.32 Å². The molecular weight excluding hydrogens is 394 g/mol. The van der Waals surface area contributed by atoms with Gasteiger partial charge in [0.15, 0.2) is 5.78 Å². The van der Waals surface area contributed by atoms with E-state index in [0.29, 0.717) is 29.1 Å². The molecular formula is C19H21N5O4S. The van der Waals surface area contributed by atoms with Crippen LogP contribution in [0.3, 0.4) is 0 Å². The monoisotopic (exact) mass is 415 g/mol. The molecule has 1 aromatic carbocycles. The molecule has 0 atom stereocenters. The fraction of sp³-hybridized carbons (Fsp3) is 0.263. The third-order valence-electron chi connectivity index (χ3n) is 4.48. The van der Waals surface area contributed by atoms with E-state index < -0.39 is 16.1 Å². The molecule has 0 spiro atoms. The number of amides is 1. The Hall–Kier alpha value is -3.27. The molecule has 3 rings (SSSR count). The number of carbonyl (C=O) groups excluding carboxylic acids is 2. The second-order valence-electron chi connectivity index (χ2n) is 6.53. The van der Waals surface area contributed by atoms with E-state index >= 15 is 0 Å². The number of hydrogen-bond donors (Lipinski definition) is 1. The number of hydrogen-bond acceptors (Lipinski definition) is 5. The van der Waals surface area contributed by atoms with Crippen LogP contribution < -0.4 is 5.32 Å². The number of carbonyl (C=O) groups is 2. The number of rotatable bonds is 5. The van der Waals surface area contributed by atoms with Crippen LogP contribution in [-0.2, 0) is 21.5 Å². The molecule has 2 heterocycles. The van der Waals surface area contributed by atoms with Gasteiger partial charge in [-0.3, -0.25) is 14.3 Å². The molecule has 0 fully saturated rings. The van der Waals surface area contributed by atoms with Gasteiger partial charge >= 0.3 is 10.2 Å². The van der Waals surface area contributed by atoms with E-state index in [4.69, 9.17) is 0 Å². The summed E-state index contributed by atoms with van der Waals surface area (Å²) < 4.78 is 31.3. The van der Waals surface area contributed by atoms with E-state index in [0.717, 1.165) is 4.31 Å². The zero-order chi connectivity index (χ0) is 21.3. The van der Waals surface area contributed by atoms with Gasteiger partial charge in [-0.25, -0.2) is 4.31 Å². The van der Waals surface area contributed by atoms with Crippen molar-refractivity contribution >= 4 is 33.3 Å². The number of nitrogens with zero attached hydrogens (tertiary/aromatic N) is 4. The molecule has 0 unspecified atom stereocenters. The van der Waals surface area contributed by atoms with E-state index in [1.807, 2.05) is 6.92 Å². The van der Waals surface area contributed by atoms with Crippen molar-refractivity contribution in [3.63, 3.8) is 0 Å². The molecule has 1 aromatic heterocycles. The molecule has 0 saturated heterocycles. The van der Waals surface area contributed by atoms with Crippen molar-refractivity contribution in [2.24, 2.45) is 4.40 Å². The largest absolute Gasteiger partial charge is 0.345 e. The van der Waals surface area contributed by atoms with Crippen molar-refractivity contribution in [2.75, 3.05) is 12.4 Å². The van der Waals surface area contributed by atoms with Crippen LogP contribution >= 0.6 is 0 Å². The fourth-order valence-corrected chi connectivity index (χ4v) is 3.74. The van der Waals surface area contributed by atoms with E-state index in [1.54, 1.807) is 36.0 Å². The second kappa shape index (κ2) is 7.63. The number of Topliss-reactive ketones (excluding diaryl/α,β-unsaturated/α-hetero) is 1. The first-order chi connectivity index (χ1) is 13.6. The first kappa shape index (κ1) is 20.5. The summed E-state index contributed by atoms with van der Waals surface area (Å²) in [6, 6.07) is 6.42. The predicted octanol–water partition coefficient (Wildman–Crippen LogP) is 1.92. The molecule has 9 nitrogen and oxygen atoms in total. The van der Waals surface area contributed by atoms with E-state index in [-0.39, 0.29) is 17.2 Å². The minimum atomic E-state index is -4.08. The summed E-state index contributed by atoms with van der Waals surface area (Å²) in [5.41, 5.74) is 2.01. The lowest BCUT2D eigenvalue weighted by Crippen LogP contribution is -2.35. The number of anilines is 1. The van der Waals surface area contributed by atoms with Crippen molar-refractivity contribution < 1.29 is 18.0 Å². The van der Waals surface area contributed by atoms with Gasteiger partial charge in [0.1, 0.15) is 5.70 Å². The number of ketones is 1. The lowest BCUT2D eigenvalue weighted by Gasteiger charge is -2.23. The predicted molar refractivity (Wildman–Crippen MR) is 109 cm³/mol. The van der Waals surface area contributed by atoms with Gasteiger partial charge in [-0.1, -0.05) is 12.1 Å². The standard InChI is InChI=1S/C19H21N5O4S/c1-5-24-11-16(12(2)21-24)17-10-18(23(4)29(27,28)22-17)19(26)20-15-8-6-7-14(9-15)13(3)25/h6-11H,5H2,1-4H3,(H,20,26). The summed E-state index contributed by atoms with van der Waals surface area (Å²) in [6.45, 7) is 5.69. The van der Waals surface area contributed by atoms with Gasteiger partial charge in [0.05, 0.1) is 11.4 Å². The number of aryl methyl sites for hydroxylation is 2. The van der Waals surface area contributed by atoms with Crippen molar-refractivity contribution in [3.8, 4) is 0 Å². The normalized spacial score (nSPS) is 15.5. The minimum Gasteiger partial charge on any atom is -0.321 e. The molecule has 10 heteroatoms. The molecule has 2 aromatic rings. The van der Waals surface area contributed by atoms with Crippen LogP contribution in [0.5, 0.6) is 0 Å². The number of aromatic nitrogens is 2. The van der Waals surface area contributed by atoms with Crippen molar-refractivity contribution in [1.82, 2.24) is 14.1 Å². The molecule has 0 aliphatic carbocycles. The first-order valence-corrected chi connectivity index (χ1v) is 10.3. The van der Waals surface area contributed by atoms with Crippen LogP contribution in [-0.4, -0.2) is 47.0 Å². The highest BCUT2D eigenvalue weighted by atomic mass is 32.2. The Labute approximate surface area is 168 Å². The average molecular weight is 415 g/mol. The van der Waals surface area contributed by atoms with Crippen molar-refractivity contribution in [2.45, 2.75) is 27.3 Å². The van der Waals surface area contributed by atoms with Crippen LogP contribution in [0, 0.1) is 6.92 Å². The highest BCUT2D eigenvalue weighted by Crippen LogP contribution is 2.22. The maximum Gasteiger partial charge on any atom is 0.345 e. The van der Waals surface area contributed by atoms with Crippen LogP contribution in [0.4, 0.5) is 5.69 Å². The van der Waals surface area contributed by atoms with E-state index in [2.05, 4.69) is 14.8 Å². The van der Waals surface area contributed by atoms with Gasteiger partial charge in [-0.2, -0.15) is 13.5 Å². The van der Waals surface area contributed by atoms with Crippen LogP contribution in [0.1, 0.15) is 35.5 Å². The average Bonchev–Trinajstić information content (AvgIpc) is 3.04. The zero-order valence-electron chi connectivity index (χ0n) is 16.5. The Balaban J connectivity index is 1.98. The third-order valence-corrected chi connectivity index (χ3v) is 5.79. The maximum atomic E-state index is 12.8. The number of benzene rings is 1. The van der Waals surface area contributed by atoms with Crippen LogP contribution in [0.25, 0.3) is 0 Å². The minimum absolute atomic E-state index is 0.0909. The highest BCUT2D eigenvalue weighted by Gasteiger charge is 2.31. The lowest BCUT2D eigenvalue weighted by molar-refractivity contribution is -0.113. The smallest absolute Gasteiger partial charge is 0.321 e. The molecule has 0 saturated carbocycles. The Morgan fingerprint density at radius 1 is 1.24 bits per heavy atom. The Bertz CT molecular complexity index is 1160. The summed E-state index contributed by atoms with van der Waals surface area (Å²) in [6.07, 6.45) is 3.10. The van der Waals surface area contributed by atoms with Gasteiger partial charge in [0, 0.05) is 36.6 Å². The van der Waals surface area contributed by atoms with E-state index in [9.17, 15) is 18.0 Å². The van der Waals surface area contributed by atoms with Gasteiger partial charge in [-0.15, -0.1) is 4.40 Å². The molecule has 29 heavy (non-hydrogen) atoms. The summed E-state index contributed by atoms with van der Waals surface area (Å²) >= 11 is 0. The lowest BCUT2D eigenvalue weighted by atomic mass is 10.1. The fourth-order valence-electron chi connectivity index (χ4n) is 2.83. The molecule has 1 N–H and O–H groups in total. The molecule has 1 aliphatic rings. The van der Waals surface area contributed by atoms with Gasteiger partial charge in [0.25, 0.3) is 5.91 Å². The Kier molecular flexibility index (Phi) is 5.38. The SMILES string of the molecule is CCn1cc(C2=NS(=O)(=O)N(C)C(C(=O)Nc3cccc(C(C)=O)c3)=C2)c(C)n1. The summed E-state index contributed by atoms with van der Waals surface area (Å²) in [7, 11) is -2.82. The molecule has 1 aliphatic heterocycles. The number of allylic oxidation sites excluding steroid dienone is 1. The Morgan fingerprint density at radius 2 is 1.97 bits per heavy atom. The molecule has 1 amide bonds. The topological polar surface area (TPSA) is 114 Å². The number of nitrogens with one attached hydrogen (secondary N) is 1. The third kappa shape index (κ3) is 4.11. The van der Waals surface area contributed by atoms with E-state index in [1.165, 1.54) is 26.1 Å². The van der Waals surface area contributed by atoms with Crippen LogP contribution in [0.15, 0.2) is 46.6 Å². The summed E-state index contributed by atoms with van der Waals surface area (Å²) in [5.74, 6) is -0.778. The number of likely N-dealkylation sites (N-methyl/N-ethyl adjacent to an activating group) is 1. The Morgan fingerprint density at radius 3 is 2.59 bits per heavy atom. The quantitative estimate of drug-likeness (QED) is 0.750. The van der Waals surface area contributed by atoms with Gasteiger partial charge in [-0.05, 0) is 39.0 Å². The summed E-state index contributed by atoms with van der Waals surface area (Å²) in [4.78, 5) is 24.4. The highest BCUT2D eigenvalue weighted by molar-refractivity contribution is 7.88. The van der Waals surface area contributed by atoms with Crippen molar-refractivity contribution in [3.05, 3.63) is 59.1 Å². The zero-order valence-corrected chi connectivity index (χ0v) is 17.3. The molecule has 0 radical (unpaired) electrons.